The van der Waals surface area contributed by atoms with E-state index >= 15 is 0 Å². The van der Waals surface area contributed by atoms with E-state index in [1.165, 1.54) is 0 Å². The minimum Gasteiger partial charge on any atom is -0.371 e. The Morgan fingerprint density at radius 1 is 1.16 bits per heavy atom. The molecule has 3 aromatic rings. The normalized spacial score (nSPS) is 13.1. The molecule has 154 valence electrons. The number of rotatable bonds is 4. The molecule has 0 spiro atoms. The number of nitrogens with zero attached hydrogens (tertiary/aromatic N) is 5. The highest BCUT2D eigenvalue weighted by atomic mass is 16.2. The molecule has 0 atom stereocenters. The molecule has 1 amide bonds. The lowest BCUT2D eigenvalue weighted by atomic mass is 9.87. The van der Waals surface area contributed by atoms with Crippen LogP contribution in [0.15, 0.2) is 30.6 Å². The number of nitrogens with one attached hydrogen (secondary N) is 2. The molecular weight excluding hydrogens is 390 g/mol. The van der Waals surface area contributed by atoms with E-state index in [0.717, 1.165) is 23.8 Å². The van der Waals surface area contributed by atoms with Gasteiger partial charge in [0, 0.05) is 30.7 Å². The zero-order valence-corrected chi connectivity index (χ0v) is 17.5. The third-order valence-corrected chi connectivity index (χ3v) is 5.16. The first-order valence-electron chi connectivity index (χ1n) is 9.96. The van der Waals surface area contributed by atoms with Crippen LogP contribution in [0.2, 0.25) is 0 Å². The Labute approximate surface area is 180 Å². The number of hydrogen-bond acceptors (Lipinski definition) is 7. The van der Waals surface area contributed by atoms with Crippen molar-refractivity contribution in [3.8, 4) is 17.9 Å². The van der Waals surface area contributed by atoms with Crippen LogP contribution in [0.4, 0.5) is 11.6 Å². The highest BCUT2D eigenvalue weighted by molar-refractivity contribution is 5.97. The fourth-order valence-corrected chi connectivity index (χ4v) is 2.98. The Balaban J connectivity index is 1.69. The van der Waals surface area contributed by atoms with E-state index in [1.807, 2.05) is 19.9 Å². The van der Waals surface area contributed by atoms with Gasteiger partial charge in [0.2, 0.25) is 5.91 Å². The molecule has 1 fully saturated rings. The van der Waals surface area contributed by atoms with Gasteiger partial charge in [-0.25, -0.2) is 9.97 Å². The molecular formula is C23H21N7O. The summed E-state index contributed by atoms with van der Waals surface area (Å²) in [7, 11) is 1.76. The highest BCUT2D eigenvalue weighted by Gasteiger charge is 2.30. The van der Waals surface area contributed by atoms with Gasteiger partial charge in [-0.2, -0.15) is 5.26 Å². The standard InChI is InChI=1S/C23H21N7O/c1-23(2,13-24)16-7-9-17(26-12-16)8-6-15-11-27-21(25-3)20-18(15)10-19(29-30-20)28-22(31)14-4-5-14/h7,9-12,14H,4-5H2,1-3H3,(H,25,27)(H,28,29,31). The van der Waals surface area contributed by atoms with Crippen LogP contribution in [0.1, 0.15) is 43.5 Å². The van der Waals surface area contributed by atoms with Crippen LogP contribution in [0, 0.1) is 29.1 Å². The summed E-state index contributed by atoms with van der Waals surface area (Å²) in [5.41, 5.74) is 2.01. The van der Waals surface area contributed by atoms with Gasteiger partial charge >= 0.3 is 0 Å². The summed E-state index contributed by atoms with van der Waals surface area (Å²) in [5, 5.41) is 24.2. The molecule has 3 aromatic heterocycles. The van der Waals surface area contributed by atoms with Crippen LogP contribution in [0.5, 0.6) is 0 Å². The van der Waals surface area contributed by atoms with Crippen molar-refractivity contribution in [2.45, 2.75) is 32.1 Å². The van der Waals surface area contributed by atoms with Crippen LogP contribution < -0.4 is 10.6 Å². The smallest absolute Gasteiger partial charge is 0.228 e. The van der Waals surface area contributed by atoms with E-state index in [9.17, 15) is 10.1 Å². The molecule has 1 aliphatic carbocycles. The molecule has 1 saturated carbocycles. The lowest BCUT2D eigenvalue weighted by Crippen LogP contribution is -2.15. The third kappa shape index (κ3) is 4.29. The summed E-state index contributed by atoms with van der Waals surface area (Å²) in [6, 6.07) is 7.68. The molecule has 8 nitrogen and oxygen atoms in total. The first-order chi connectivity index (χ1) is 14.9. The van der Waals surface area contributed by atoms with Crippen molar-refractivity contribution in [2.75, 3.05) is 17.7 Å². The molecule has 0 aliphatic heterocycles. The van der Waals surface area contributed by atoms with Gasteiger partial charge in [-0.05, 0) is 50.3 Å². The van der Waals surface area contributed by atoms with Crippen molar-refractivity contribution in [3.63, 3.8) is 0 Å². The molecule has 3 heterocycles. The van der Waals surface area contributed by atoms with Gasteiger partial charge in [0.05, 0.1) is 17.0 Å². The monoisotopic (exact) mass is 411 g/mol. The molecule has 8 heteroatoms. The van der Waals surface area contributed by atoms with Gasteiger partial charge in [0.25, 0.3) is 0 Å². The van der Waals surface area contributed by atoms with E-state index in [2.05, 4.69) is 48.7 Å². The SMILES string of the molecule is CNc1ncc(C#Cc2ccc(C(C)(C)C#N)cn2)c2cc(NC(=O)C3CC3)nnc12. The van der Waals surface area contributed by atoms with E-state index in [0.29, 0.717) is 28.4 Å². The van der Waals surface area contributed by atoms with Crippen LogP contribution in [-0.2, 0) is 10.2 Å². The van der Waals surface area contributed by atoms with Crippen molar-refractivity contribution in [3.05, 3.63) is 47.4 Å². The lowest BCUT2D eigenvalue weighted by molar-refractivity contribution is -0.117. The van der Waals surface area contributed by atoms with Crippen LogP contribution in [-0.4, -0.2) is 33.1 Å². The number of amides is 1. The maximum Gasteiger partial charge on any atom is 0.228 e. The molecule has 2 N–H and O–H groups in total. The summed E-state index contributed by atoms with van der Waals surface area (Å²) < 4.78 is 0. The van der Waals surface area contributed by atoms with Gasteiger partial charge < -0.3 is 10.6 Å². The average Bonchev–Trinajstić information content (AvgIpc) is 3.63. The Morgan fingerprint density at radius 2 is 1.97 bits per heavy atom. The second kappa shape index (κ2) is 8.00. The van der Waals surface area contributed by atoms with Crippen molar-refractivity contribution < 1.29 is 4.79 Å². The number of hydrogen-bond donors (Lipinski definition) is 2. The summed E-state index contributed by atoms with van der Waals surface area (Å²) in [5.74, 6) is 7.14. The molecule has 1 aliphatic rings. The van der Waals surface area contributed by atoms with Crippen LogP contribution in [0.25, 0.3) is 10.9 Å². The van der Waals surface area contributed by atoms with Gasteiger partial charge in [-0.15, -0.1) is 10.2 Å². The van der Waals surface area contributed by atoms with Crippen molar-refractivity contribution in [2.24, 2.45) is 5.92 Å². The number of anilines is 2. The molecule has 0 bridgehead atoms. The summed E-state index contributed by atoms with van der Waals surface area (Å²) in [4.78, 5) is 20.8. The number of pyridine rings is 2. The maximum absolute atomic E-state index is 12.1. The predicted molar refractivity (Wildman–Crippen MR) is 117 cm³/mol. The number of carbonyl (C=O) groups excluding carboxylic acids is 1. The van der Waals surface area contributed by atoms with Crippen molar-refractivity contribution in [1.29, 1.82) is 5.26 Å². The first kappa shape index (κ1) is 20.2. The number of aromatic nitrogens is 4. The van der Waals surface area contributed by atoms with E-state index in [1.54, 1.807) is 31.6 Å². The summed E-state index contributed by atoms with van der Waals surface area (Å²) in [6.07, 6.45) is 5.15. The Kier molecular flexibility index (Phi) is 5.22. The van der Waals surface area contributed by atoms with E-state index < -0.39 is 5.41 Å². The van der Waals surface area contributed by atoms with E-state index in [-0.39, 0.29) is 11.8 Å². The van der Waals surface area contributed by atoms with Gasteiger partial charge in [0.1, 0.15) is 11.2 Å². The van der Waals surface area contributed by atoms with Crippen LogP contribution >= 0.6 is 0 Å². The number of nitriles is 1. The second-order valence-corrected chi connectivity index (χ2v) is 7.94. The second-order valence-electron chi connectivity index (χ2n) is 7.94. The number of carbonyl (C=O) groups is 1. The Hall–Kier alpha value is -4.04. The molecule has 4 rings (SSSR count). The summed E-state index contributed by atoms with van der Waals surface area (Å²) >= 11 is 0. The maximum atomic E-state index is 12.1. The molecule has 0 saturated heterocycles. The fourth-order valence-electron chi connectivity index (χ4n) is 2.98. The van der Waals surface area contributed by atoms with Gasteiger partial charge in [0.15, 0.2) is 11.6 Å². The van der Waals surface area contributed by atoms with Crippen molar-refractivity contribution in [1.82, 2.24) is 20.2 Å². The average molecular weight is 411 g/mol. The minimum absolute atomic E-state index is 0.0336. The highest BCUT2D eigenvalue weighted by Crippen LogP contribution is 2.30. The lowest BCUT2D eigenvalue weighted by Gasteiger charge is -2.14. The zero-order valence-electron chi connectivity index (χ0n) is 17.5. The molecule has 0 unspecified atom stereocenters. The summed E-state index contributed by atoms with van der Waals surface area (Å²) in [6.45, 7) is 3.69. The largest absolute Gasteiger partial charge is 0.371 e. The van der Waals surface area contributed by atoms with Crippen molar-refractivity contribution >= 4 is 28.4 Å². The number of fused-ring (bicyclic) bond motifs is 1. The molecule has 31 heavy (non-hydrogen) atoms. The Morgan fingerprint density at radius 3 is 2.61 bits per heavy atom. The van der Waals surface area contributed by atoms with Crippen LogP contribution in [0.3, 0.4) is 0 Å². The fraction of sp³-hybridized carbons (Fsp3) is 0.304. The van der Waals surface area contributed by atoms with E-state index in [4.69, 9.17) is 0 Å². The topological polar surface area (TPSA) is 116 Å². The van der Waals surface area contributed by atoms with Gasteiger partial charge in [-0.1, -0.05) is 12.0 Å². The molecule has 0 aromatic carbocycles. The minimum atomic E-state index is -0.609. The predicted octanol–water partition coefficient (Wildman–Crippen LogP) is 3.01. The van der Waals surface area contributed by atoms with Gasteiger partial charge in [-0.3, -0.25) is 4.79 Å². The first-order valence-corrected chi connectivity index (χ1v) is 9.96. The zero-order chi connectivity index (χ0) is 22.0. The third-order valence-electron chi connectivity index (χ3n) is 5.16. The Bertz CT molecular complexity index is 1260. The quantitative estimate of drug-likeness (QED) is 0.634. The molecule has 0 radical (unpaired) electrons.